The Morgan fingerprint density at radius 3 is 2.24 bits per heavy atom. The van der Waals surface area contributed by atoms with Gasteiger partial charge in [-0.2, -0.15) is 0 Å². The minimum Gasteiger partial charge on any atom is -0.481 e. The molecule has 2 aromatic carbocycles. The summed E-state index contributed by atoms with van der Waals surface area (Å²) in [5, 5.41) is 10.7. The quantitative estimate of drug-likeness (QED) is 0.240. The van der Waals surface area contributed by atoms with Crippen molar-refractivity contribution >= 4 is 35.9 Å². The van der Waals surface area contributed by atoms with Gasteiger partial charge in [0.15, 0.2) is 6.29 Å². The van der Waals surface area contributed by atoms with Crippen LogP contribution >= 0.6 is 11.6 Å². The van der Waals surface area contributed by atoms with Crippen LogP contribution in [0.15, 0.2) is 47.5 Å². The highest BCUT2D eigenvalue weighted by Gasteiger charge is 2.43. The molecule has 1 aliphatic rings. The van der Waals surface area contributed by atoms with Crippen molar-refractivity contribution in [3.63, 3.8) is 0 Å². The van der Waals surface area contributed by atoms with Gasteiger partial charge in [-0.25, -0.2) is 4.39 Å². The highest BCUT2D eigenvalue weighted by Crippen LogP contribution is 2.46. The number of carboxylic acid groups (broad SMARTS) is 1. The molecule has 3 rings (SSSR count). The summed E-state index contributed by atoms with van der Waals surface area (Å²) >= 11 is 6.00. The van der Waals surface area contributed by atoms with Crippen LogP contribution in [0.3, 0.4) is 0 Å². The van der Waals surface area contributed by atoms with E-state index in [2.05, 4.69) is 37.9 Å². The van der Waals surface area contributed by atoms with Crippen molar-refractivity contribution in [2.45, 2.75) is 71.5 Å². The fourth-order valence-corrected chi connectivity index (χ4v) is 5.38. The summed E-state index contributed by atoms with van der Waals surface area (Å²) in [5.41, 5.74) is 2.08. The number of carboxylic acids is 1. The van der Waals surface area contributed by atoms with Gasteiger partial charge in [-0.3, -0.25) is 24.3 Å². The Hall–Kier alpha value is -2.94. The van der Waals surface area contributed by atoms with E-state index < -0.39 is 17.4 Å². The Labute approximate surface area is 248 Å². The Morgan fingerprint density at radius 2 is 1.80 bits per heavy atom. The van der Waals surface area contributed by atoms with Crippen molar-refractivity contribution in [3.05, 3.63) is 70.0 Å². The van der Waals surface area contributed by atoms with E-state index in [1.165, 1.54) is 12.1 Å². The van der Waals surface area contributed by atoms with Crippen LogP contribution in [0.5, 0.6) is 0 Å². The molecule has 0 saturated heterocycles. The summed E-state index contributed by atoms with van der Waals surface area (Å²) in [4.78, 5) is 40.2. The molecule has 0 bridgehead atoms. The molecule has 224 valence electrons. The van der Waals surface area contributed by atoms with E-state index in [0.717, 1.165) is 43.8 Å². The Kier molecular flexibility index (Phi) is 12.8. The van der Waals surface area contributed by atoms with Gasteiger partial charge in [0.1, 0.15) is 23.5 Å². The van der Waals surface area contributed by atoms with Crippen LogP contribution in [-0.2, 0) is 9.59 Å². The SMILES string of the molecule is CC(c1ccc(C=O)cc1)N(C)C1(/N=C(\C=O)c2ccc(F)c(Cl)c2)CCC(C(C)(C)C)CC1.CNCCC(=O)O. The normalized spacial score (nSPS) is 20.1. The first-order valence-electron chi connectivity index (χ1n) is 13.9. The predicted octanol–water partition coefficient (Wildman–Crippen LogP) is 6.59. The third-order valence-corrected chi connectivity index (χ3v) is 8.34. The summed E-state index contributed by atoms with van der Waals surface area (Å²) in [6.07, 6.45) is 5.36. The molecule has 7 nitrogen and oxygen atoms in total. The van der Waals surface area contributed by atoms with Crippen LogP contribution in [0.4, 0.5) is 4.39 Å². The summed E-state index contributed by atoms with van der Waals surface area (Å²) in [7, 11) is 3.77. The van der Waals surface area contributed by atoms with Crippen molar-refractivity contribution in [2.24, 2.45) is 16.3 Å². The summed E-state index contributed by atoms with van der Waals surface area (Å²) in [6.45, 7) is 9.47. The average Bonchev–Trinajstić information content (AvgIpc) is 2.95. The molecule has 2 aromatic rings. The minimum absolute atomic E-state index is 0.000321. The van der Waals surface area contributed by atoms with Crippen molar-refractivity contribution in [1.29, 1.82) is 0 Å². The number of rotatable bonds is 10. The van der Waals surface area contributed by atoms with Gasteiger partial charge >= 0.3 is 5.97 Å². The number of aliphatic carboxylic acids is 1. The molecule has 1 atom stereocenters. The molecule has 0 aliphatic heterocycles. The zero-order valence-corrected chi connectivity index (χ0v) is 25.7. The van der Waals surface area contributed by atoms with Gasteiger partial charge in [0, 0.05) is 23.7 Å². The van der Waals surface area contributed by atoms with E-state index in [1.807, 2.05) is 31.3 Å². The van der Waals surface area contributed by atoms with Gasteiger partial charge in [0.05, 0.1) is 11.4 Å². The third-order valence-electron chi connectivity index (χ3n) is 8.05. The molecule has 0 radical (unpaired) electrons. The van der Waals surface area contributed by atoms with Gasteiger partial charge in [0.25, 0.3) is 0 Å². The molecule has 1 unspecified atom stereocenters. The predicted molar refractivity (Wildman–Crippen MR) is 162 cm³/mol. The molecule has 0 aromatic heterocycles. The second-order valence-electron chi connectivity index (χ2n) is 11.7. The zero-order chi connectivity index (χ0) is 30.8. The van der Waals surface area contributed by atoms with E-state index in [9.17, 15) is 18.8 Å². The number of nitrogens with one attached hydrogen (secondary N) is 1. The average molecular weight is 588 g/mol. The van der Waals surface area contributed by atoms with Crippen molar-refractivity contribution in [3.8, 4) is 0 Å². The van der Waals surface area contributed by atoms with Gasteiger partial charge < -0.3 is 10.4 Å². The van der Waals surface area contributed by atoms with Crippen LogP contribution in [0.25, 0.3) is 0 Å². The Balaban J connectivity index is 0.000000745. The summed E-state index contributed by atoms with van der Waals surface area (Å²) in [6, 6.07) is 11.8. The molecular formula is C32H43ClFN3O4. The zero-order valence-electron chi connectivity index (χ0n) is 24.9. The highest BCUT2D eigenvalue weighted by atomic mass is 35.5. The first-order chi connectivity index (χ1) is 19.3. The molecule has 1 aliphatic carbocycles. The van der Waals surface area contributed by atoms with Crippen molar-refractivity contribution in [1.82, 2.24) is 10.2 Å². The molecule has 1 saturated carbocycles. The Morgan fingerprint density at radius 1 is 1.20 bits per heavy atom. The number of carbonyl (C=O) groups excluding carboxylic acids is 2. The minimum atomic E-state index is -0.755. The number of carbonyl (C=O) groups is 3. The molecule has 9 heteroatoms. The smallest absolute Gasteiger partial charge is 0.304 e. The summed E-state index contributed by atoms with van der Waals surface area (Å²) in [5.74, 6) is -0.721. The lowest BCUT2D eigenvalue weighted by molar-refractivity contribution is -0.136. The first-order valence-corrected chi connectivity index (χ1v) is 14.3. The van der Waals surface area contributed by atoms with E-state index in [-0.39, 0.29) is 28.6 Å². The maximum Gasteiger partial charge on any atom is 0.304 e. The lowest BCUT2D eigenvalue weighted by Gasteiger charge is -2.48. The van der Waals surface area contributed by atoms with Crippen LogP contribution in [0, 0.1) is 17.2 Å². The number of halogens is 2. The number of aliphatic imine (C=N–C) groups is 1. The second-order valence-corrected chi connectivity index (χ2v) is 12.1. The molecular weight excluding hydrogens is 545 g/mol. The number of benzene rings is 2. The maximum absolute atomic E-state index is 13.7. The fourth-order valence-electron chi connectivity index (χ4n) is 5.20. The molecule has 1 fully saturated rings. The van der Waals surface area contributed by atoms with Crippen molar-refractivity contribution in [2.75, 3.05) is 20.6 Å². The standard InChI is InChI=1S/C28H34ClFN2O2.C4H9NO2/c1-19(21-8-6-20(17-33)7-9-21)32(5)28(14-12-23(13-15-28)27(2,3)4)31-26(18-34)22-10-11-25(30)24(29)16-22;1-5-3-2-4(6)7/h6-11,16-19,23H,12-15H2,1-5H3;5H,2-3H2,1H3,(H,6,7)/b31-26+;. The highest BCUT2D eigenvalue weighted by molar-refractivity contribution is 6.37. The second kappa shape index (κ2) is 15.3. The fraction of sp³-hybridized carbons (Fsp3) is 0.500. The van der Waals surface area contributed by atoms with Crippen molar-refractivity contribution < 1.29 is 23.9 Å². The largest absolute Gasteiger partial charge is 0.481 e. The van der Waals surface area contributed by atoms with Crippen LogP contribution in [0.2, 0.25) is 5.02 Å². The molecule has 41 heavy (non-hydrogen) atoms. The van der Waals surface area contributed by atoms with Gasteiger partial charge in [-0.05, 0) is 81.8 Å². The Bertz CT molecular complexity index is 1200. The van der Waals surface area contributed by atoms with Crippen LogP contribution < -0.4 is 5.32 Å². The lowest BCUT2D eigenvalue weighted by Crippen LogP contribution is -2.50. The van der Waals surface area contributed by atoms with E-state index in [0.29, 0.717) is 23.6 Å². The molecule has 0 heterocycles. The molecule has 0 spiro atoms. The van der Waals surface area contributed by atoms with Gasteiger partial charge in [-0.1, -0.05) is 56.6 Å². The van der Waals surface area contributed by atoms with Gasteiger partial charge in [0.2, 0.25) is 0 Å². The maximum atomic E-state index is 13.7. The lowest BCUT2D eigenvalue weighted by atomic mass is 9.69. The first kappa shape index (κ1) is 34.3. The number of hydrogen-bond donors (Lipinski definition) is 2. The van der Waals surface area contributed by atoms with E-state index >= 15 is 0 Å². The topological polar surface area (TPSA) is 99.1 Å². The summed E-state index contributed by atoms with van der Waals surface area (Å²) < 4.78 is 13.7. The van der Waals surface area contributed by atoms with E-state index in [1.54, 1.807) is 13.1 Å². The number of hydrogen-bond acceptors (Lipinski definition) is 6. The molecule has 2 N–H and O–H groups in total. The monoisotopic (exact) mass is 587 g/mol. The van der Waals surface area contributed by atoms with Gasteiger partial charge in [-0.15, -0.1) is 0 Å². The number of aldehydes is 2. The van der Waals surface area contributed by atoms with Crippen LogP contribution in [0.1, 0.15) is 87.3 Å². The molecule has 0 amide bonds. The number of nitrogens with zero attached hydrogens (tertiary/aromatic N) is 2. The van der Waals surface area contributed by atoms with Crippen LogP contribution in [-0.4, -0.2) is 60.6 Å². The third kappa shape index (κ3) is 9.55. The van der Waals surface area contributed by atoms with E-state index in [4.69, 9.17) is 21.7 Å².